The molecule has 1 aromatic carbocycles. The van der Waals surface area contributed by atoms with Crippen molar-refractivity contribution in [1.29, 1.82) is 0 Å². The summed E-state index contributed by atoms with van der Waals surface area (Å²) in [5.74, 6) is 1.06. The van der Waals surface area contributed by atoms with Gasteiger partial charge in [-0.25, -0.2) is 0 Å². The second kappa shape index (κ2) is 8.39. The maximum absolute atomic E-state index is 12.0. The summed E-state index contributed by atoms with van der Waals surface area (Å²) in [6.45, 7) is 3.36. The van der Waals surface area contributed by atoms with Crippen molar-refractivity contribution in [3.63, 3.8) is 0 Å². The highest BCUT2D eigenvalue weighted by molar-refractivity contribution is 5.94. The molecule has 1 amide bonds. The van der Waals surface area contributed by atoms with E-state index in [-0.39, 0.29) is 19.1 Å². The van der Waals surface area contributed by atoms with Gasteiger partial charge in [0.2, 0.25) is 5.91 Å². The number of nitrogens with zero attached hydrogens (tertiary/aromatic N) is 1. The first-order chi connectivity index (χ1) is 9.64. The van der Waals surface area contributed by atoms with Crippen molar-refractivity contribution in [2.24, 2.45) is 0 Å². The van der Waals surface area contributed by atoms with Crippen molar-refractivity contribution >= 4 is 11.6 Å². The molecule has 6 heteroatoms. The van der Waals surface area contributed by atoms with Crippen molar-refractivity contribution in [3.8, 4) is 11.5 Å². The lowest BCUT2D eigenvalue weighted by atomic mass is 10.2. The number of amides is 1. The third-order valence-corrected chi connectivity index (χ3v) is 2.91. The van der Waals surface area contributed by atoms with Gasteiger partial charge in [-0.1, -0.05) is 6.92 Å². The molecule has 0 fully saturated rings. The third-order valence-electron chi connectivity index (χ3n) is 2.91. The highest BCUT2D eigenvalue weighted by Crippen LogP contribution is 2.28. The van der Waals surface area contributed by atoms with Gasteiger partial charge in [0.05, 0.1) is 33.1 Å². The largest absolute Gasteiger partial charge is 0.497 e. The molecule has 0 aliphatic heterocycles. The van der Waals surface area contributed by atoms with Crippen LogP contribution < -0.4 is 14.8 Å². The number of benzene rings is 1. The fourth-order valence-electron chi connectivity index (χ4n) is 1.79. The number of ether oxygens (including phenoxy) is 2. The molecule has 112 valence electrons. The van der Waals surface area contributed by atoms with E-state index in [0.717, 1.165) is 0 Å². The van der Waals surface area contributed by atoms with Crippen LogP contribution in [0.4, 0.5) is 5.69 Å². The molecule has 6 nitrogen and oxygen atoms in total. The number of nitrogens with one attached hydrogen (secondary N) is 1. The van der Waals surface area contributed by atoms with Crippen molar-refractivity contribution < 1.29 is 19.4 Å². The van der Waals surface area contributed by atoms with Gasteiger partial charge in [-0.2, -0.15) is 0 Å². The van der Waals surface area contributed by atoms with Gasteiger partial charge >= 0.3 is 0 Å². The number of hydrogen-bond acceptors (Lipinski definition) is 5. The summed E-state index contributed by atoms with van der Waals surface area (Å²) in [6.07, 6.45) is 0. The van der Waals surface area contributed by atoms with E-state index in [2.05, 4.69) is 5.32 Å². The van der Waals surface area contributed by atoms with E-state index >= 15 is 0 Å². The fraction of sp³-hybridized carbons (Fsp3) is 0.500. The predicted molar refractivity (Wildman–Crippen MR) is 77.4 cm³/mol. The molecular weight excluding hydrogens is 260 g/mol. The number of likely N-dealkylation sites (N-methyl/N-ethyl adjacent to an activating group) is 1. The summed E-state index contributed by atoms with van der Waals surface area (Å²) in [4.78, 5) is 13.8. The number of rotatable bonds is 8. The van der Waals surface area contributed by atoms with Gasteiger partial charge in [-0.05, 0) is 18.7 Å². The van der Waals surface area contributed by atoms with Crippen LogP contribution in [0.5, 0.6) is 11.5 Å². The molecule has 0 bridgehead atoms. The second-order valence-electron chi connectivity index (χ2n) is 4.21. The Kier molecular flexibility index (Phi) is 6.83. The number of aliphatic hydroxyl groups is 1. The van der Waals surface area contributed by atoms with Gasteiger partial charge < -0.3 is 19.9 Å². The Morgan fingerprint density at radius 1 is 1.35 bits per heavy atom. The minimum absolute atomic E-state index is 0.0314. The number of anilines is 1. The molecule has 20 heavy (non-hydrogen) atoms. The molecule has 0 saturated carbocycles. The van der Waals surface area contributed by atoms with Gasteiger partial charge in [-0.15, -0.1) is 0 Å². The normalized spacial score (nSPS) is 10.4. The Bertz CT molecular complexity index is 437. The first kappa shape index (κ1) is 16.3. The minimum Gasteiger partial charge on any atom is -0.497 e. The predicted octanol–water partition coefficient (Wildman–Crippen LogP) is 0.956. The monoisotopic (exact) mass is 282 g/mol. The summed E-state index contributed by atoms with van der Waals surface area (Å²) in [6, 6.07) is 5.21. The average Bonchev–Trinajstić information content (AvgIpc) is 2.46. The molecule has 0 aliphatic rings. The van der Waals surface area contributed by atoms with Crippen LogP contribution in [0.1, 0.15) is 6.92 Å². The summed E-state index contributed by atoms with van der Waals surface area (Å²) in [5, 5.41) is 11.7. The number of hydrogen-bond donors (Lipinski definition) is 2. The Balaban J connectivity index is 2.73. The van der Waals surface area contributed by atoms with Crippen LogP contribution >= 0.6 is 0 Å². The van der Waals surface area contributed by atoms with E-state index in [9.17, 15) is 4.79 Å². The molecule has 0 atom stereocenters. The lowest BCUT2D eigenvalue weighted by Crippen LogP contribution is -2.35. The van der Waals surface area contributed by atoms with Crippen molar-refractivity contribution in [2.45, 2.75) is 6.92 Å². The molecule has 0 unspecified atom stereocenters. The standard InChI is InChI=1S/C14H22N2O4/c1-4-16(7-8-17)10-14(18)15-12-9-11(19-2)5-6-13(12)20-3/h5-6,9,17H,4,7-8,10H2,1-3H3,(H,15,18). The molecule has 0 spiro atoms. The fourth-order valence-corrected chi connectivity index (χ4v) is 1.79. The van der Waals surface area contributed by atoms with Crippen LogP contribution in [0.15, 0.2) is 18.2 Å². The highest BCUT2D eigenvalue weighted by Gasteiger charge is 2.12. The average molecular weight is 282 g/mol. The Hall–Kier alpha value is -1.79. The van der Waals surface area contributed by atoms with Crippen LogP contribution in [-0.4, -0.2) is 56.4 Å². The topological polar surface area (TPSA) is 71.0 Å². The smallest absolute Gasteiger partial charge is 0.238 e. The zero-order chi connectivity index (χ0) is 15.0. The van der Waals surface area contributed by atoms with E-state index in [0.29, 0.717) is 30.3 Å². The number of carbonyl (C=O) groups is 1. The Morgan fingerprint density at radius 2 is 2.10 bits per heavy atom. The van der Waals surface area contributed by atoms with Crippen LogP contribution in [0.3, 0.4) is 0 Å². The maximum atomic E-state index is 12.0. The van der Waals surface area contributed by atoms with E-state index < -0.39 is 0 Å². The first-order valence-corrected chi connectivity index (χ1v) is 6.49. The molecule has 0 saturated heterocycles. The molecule has 0 aromatic heterocycles. The maximum Gasteiger partial charge on any atom is 0.238 e. The van der Waals surface area contributed by atoms with E-state index in [1.807, 2.05) is 11.8 Å². The zero-order valence-electron chi connectivity index (χ0n) is 12.2. The molecule has 0 aliphatic carbocycles. The van der Waals surface area contributed by atoms with Crippen LogP contribution in [0, 0.1) is 0 Å². The lowest BCUT2D eigenvalue weighted by molar-refractivity contribution is -0.117. The SMILES string of the molecule is CCN(CCO)CC(=O)Nc1cc(OC)ccc1OC. The number of aliphatic hydroxyl groups excluding tert-OH is 1. The first-order valence-electron chi connectivity index (χ1n) is 6.49. The van der Waals surface area contributed by atoms with Crippen molar-refractivity contribution in [2.75, 3.05) is 45.8 Å². The molecule has 0 heterocycles. The summed E-state index contributed by atoms with van der Waals surface area (Å²) >= 11 is 0. The van der Waals surface area contributed by atoms with Crippen molar-refractivity contribution in [3.05, 3.63) is 18.2 Å². The van der Waals surface area contributed by atoms with E-state index in [1.54, 1.807) is 32.4 Å². The molecular formula is C14H22N2O4. The number of methoxy groups -OCH3 is 2. The molecule has 2 N–H and O–H groups in total. The Morgan fingerprint density at radius 3 is 2.65 bits per heavy atom. The van der Waals surface area contributed by atoms with E-state index in [1.165, 1.54) is 0 Å². The zero-order valence-corrected chi connectivity index (χ0v) is 12.2. The highest BCUT2D eigenvalue weighted by atomic mass is 16.5. The third kappa shape index (κ3) is 4.71. The van der Waals surface area contributed by atoms with E-state index in [4.69, 9.17) is 14.6 Å². The number of carbonyl (C=O) groups excluding carboxylic acids is 1. The van der Waals surface area contributed by atoms with Gasteiger partial charge in [-0.3, -0.25) is 9.69 Å². The van der Waals surface area contributed by atoms with Crippen LogP contribution in [0.25, 0.3) is 0 Å². The molecule has 1 aromatic rings. The second-order valence-corrected chi connectivity index (χ2v) is 4.21. The summed E-state index contributed by atoms with van der Waals surface area (Å²) < 4.78 is 10.3. The van der Waals surface area contributed by atoms with Crippen molar-refractivity contribution in [1.82, 2.24) is 4.90 Å². The van der Waals surface area contributed by atoms with Gasteiger partial charge in [0.1, 0.15) is 11.5 Å². The Labute approximate surface area is 119 Å². The van der Waals surface area contributed by atoms with Gasteiger partial charge in [0.25, 0.3) is 0 Å². The summed E-state index contributed by atoms with van der Waals surface area (Å²) in [7, 11) is 3.11. The lowest BCUT2D eigenvalue weighted by Gasteiger charge is -2.19. The van der Waals surface area contributed by atoms with Gasteiger partial charge in [0.15, 0.2) is 0 Å². The van der Waals surface area contributed by atoms with Crippen LogP contribution in [-0.2, 0) is 4.79 Å². The van der Waals surface area contributed by atoms with Gasteiger partial charge in [0, 0.05) is 12.6 Å². The quantitative estimate of drug-likeness (QED) is 0.743. The van der Waals surface area contributed by atoms with Crippen LogP contribution in [0.2, 0.25) is 0 Å². The minimum atomic E-state index is -0.160. The summed E-state index contributed by atoms with van der Waals surface area (Å²) in [5.41, 5.74) is 0.567. The molecule has 1 rings (SSSR count). The molecule has 0 radical (unpaired) electrons.